The molecule has 1 N–H and O–H groups in total. The van der Waals surface area contributed by atoms with E-state index in [2.05, 4.69) is 17.1 Å². The van der Waals surface area contributed by atoms with Gasteiger partial charge in [0.15, 0.2) is 0 Å². The third-order valence-corrected chi connectivity index (χ3v) is 4.39. The highest BCUT2D eigenvalue weighted by Crippen LogP contribution is 2.21. The van der Waals surface area contributed by atoms with E-state index in [1.54, 1.807) is 13.0 Å². The van der Waals surface area contributed by atoms with E-state index in [0.717, 1.165) is 30.1 Å². The van der Waals surface area contributed by atoms with Gasteiger partial charge in [0.05, 0.1) is 0 Å². The van der Waals surface area contributed by atoms with Gasteiger partial charge in [0.1, 0.15) is 5.82 Å². The number of halogens is 1. The fourth-order valence-corrected chi connectivity index (χ4v) is 3.32. The van der Waals surface area contributed by atoms with Crippen molar-refractivity contribution in [3.63, 3.8) is 0 Å². The first-order valence-electron chi connectivity index (χ1n) is 6.29. The van der Waals surface area contributed by atoms with Crippen molar-refractivity contribution in [2.24, 2.45) is 5.92 Å². The van der Waals surface area contributed by atoms with Crippen molar-refractivity contribution in [2.45, 2.75) is 26.3 Å². The first-order valence-corrected chi connectivity index (χ1v) is 7.44. The van der Waals surface area contributed by atoms with E-state index >= 15 is 0 Å². The zero-order chi connectivity index (χ0) is 12.1. The zero-order valence-electron chi connectivity index (χ0n) is 10.3. The van der Waals surface area contributed by atoms with Gasteiger partial charge in [0, 0.05) is 6.54 Å². The summed E-state index contributed by atoms with van der Waals surface area (Å²) in [5.74, 6) is 3.31. The summed E-state index contributed by atoms with van der Waals surface area (Å²) in [5, 5.41) is 3.44. The highest BCUT2D eigenvalue weighted by molar-refractivity contribution is 7.99. The lowest BCUT2D eigenvalue weighted by Crippen LogP contribution is -2.25. The molecule has 0 spiro atoms. The minimum Gasteiger partial charge on any atom is -0.312 e. The molecule has 0 aliphatic carbocycles. The maximum Gasteiger partial charge on any atom is 0.126 e. The summed E-state index contributed by atoms with van der Waals surface area (Å²) >= 11 is 2.05. The average Bonchev–Trinajstić information content (AvgIpc) is 2.35. The summed E-state index contributed by atoms with van der Waals surface area (Å²) < 4.78 is 13.3. The van der Waals surface area contributed by atoms with E-state index in [1.807, 2.05) is 12.1 Å². The molecule has 0 amide bonds. The van der Waals surface area contributed by atoms with Gasteiger partial charge in [-0.1, -0.05) is 12.1 Å². The monoisotopic (exact) mass is 253 g/mol. The summed E-state index contributed by atoms with van der Waals surface area (Å²) in [7, 11) is 0. The Morgan fingerprint density at radius 1 is 1.35 bits per heavy atom. The smallest absolute Gasteiger partial charge is 0.126 e. The lowest BCUT2D eigenvalue weighted by atomic mass is 10.0. The van der Waals surface area contributed by atoms with Gasteiger partial charge in [-0.15, -0.1) is 0 Å². The van der Waals surface area contributed by atoms with Crippen molar-refractivity contribution >= 4 is 11.8 Å². The molecule has 2 rings (SSSR count). The molecule has 1 nitrogen and oxygen atoms in total. The van der Waals surface area contributed by atoms with Gasteiger partial charge in [-0.05, 0) is 60.9 Å². The Labute approximate surface area is 107 Å². The molecule has 17 heavy (non-hydrogen) atoms. The van der Waals surface area contributed by atoms with E-state index in [4.69, 9.17) is 0 Å². The van der Waals surface area contributed by atoms with Gasteiger partial charge in [0.25, 0.3) is 0 Å². The highest BCUT2D eigenvalue weighted by atomic mass is 32.2. The van der Waals surface area contributed by atoms with Crippen LogP contribution in [0.2, 0.25) is 0 Å². The number of benzene rings is 1. The van der Waals surface area contributed by atoms with Crippen molar-refractivity contribution in [3.05, 3.63) is 35.1 Å². The predicted molar refractivity (Wildman–Crippen MR) is 72.9 cm³/mol. The maximum absolute atomic E-state index is 13.3. The number of nitrogens with one attached hydrogen (secondary N) is 1. The van der Waals surface area contributed by atoms with Crippen LogP contribution in [-0.2, 0) is 6.54 Å². The number of hydrogen-bond donors (Lipinski definition) is 1. The quantitative estimate of drug-likeness (QED) is 0.883. The maximum atomic E-state index is 13.3. The van der Waals surface area contributed by atoms with Gasteiger partial charge in [0.2, 0.25) is 0 Å². The molecule has 1 aliphatic rings. The standard InChI is InChI=1S/C14H20FNS/c1-11-2-3-13(8-14(11)15)10-16-9-12-4-6-17-7-5-12/h2-3,8,12,16H,4-7,9-10H2,1H3. The van der Waals surface area contributed by atoms with Crippen LogP contribution in [0.1, 0.15) is 24.0 Å². The van der Waals surface area contributed by atoms with Crippen LogP contribution in [0.4, 0.5) is 4.39 Å². The second-order valence-electron chi connectivity index (χ2n) is 4.77. The molecular formula is C14H20FNS. The van der Waals surface area contributed by atoms with Crippen LogP contribution in [0, 0.1) is 18.7 Å². The molecule has 1 heterocycles. The van der Waals surface area contributed by atoms with Crippen molar-refractivity contribution in [1.29, 1.82) is 0 Å². The highest BCUT2D eigenvalue weighted by Gasteiger charge is 2.12. The van der Waals surface area contributed by atoms with Crippen LogP contribution in [-0.4, -0.2) is 18.1 Å². The summed E-state index contributed by atoms with van der Waals surface area (Å²) in [4.78, 5) is 0. The number of thioether (sulfide) groups is 1. The van der Waals surface area contributed by atoms with Crippen molar-refractivity contribution < 1.29 is 4.39 Å². The Morgan fingerprint density at radius 2 is 2.12 bits per heavy atom. The normalized spacial score (nSPS) is 17.3. The van der Waals surface area contributed by atoms with Crippen LogP contribution in [0.25, 0.3) is 0 Å². The molecule has 1 aliphatic heterocycles. The Kier molecular flexibility index (Phi) is 4.86. The predicted octanol–water partition coefficient (Wildman–Crippen LogP) is 3.37. The first-order chi connectivity index (χ1) is 8.25. The average molecular weight is 253 g/mol. The Bertz CT molecular complexity index is 361. The second kappa shape index (κ2) is 6.41. The van der Waals surface area contributed by atoms with Gasteiger partial charge in [-0.2, -0.15) is 11.8 Å². The molecular weight excluding hydrogens is 233 g/mol. The van der Waals surface area contributed by atoms with Crippen LogP contribution in [0.3, 0.4) is 0 Å². The van der Waals surface area contributed by atoms with Crippen LogP contribution in [0.15, 0.2) is 18.2 Å². The van der Waals surface area contributed by atoms with E-state index in [1.165, 1.54) is 24.3 Å². The summed E-state index contributed by atoms with van der Waals surface area (Å²) in [6.07, 6.45) is 2.64. The fourth-order valence-electron chi connectivity index (χ4n) is 2.12. The third-order valence-electron chi connectivity index (χ3n) is 3.34. The summed E-state index contributed by atoms with van der Waals surface area (Å²) in [6, 6.07) is 5.49. The number of hydrogen-bond acceptors (Lipinski definition) is 2. The molecule has 94 valence electrons. The topological polar surface area (TPSA) is 12.0 Å². The molecule has 0 unspecified atom stereocenters. The van der Waals surface area contributed by atoms with Crippen LogP contribution >= 0.6 is 11.8 Å². The molecule has 1 fully saturated rings. The molecule has 0 saturated carbocycles. The minimum atomic E-state index is -0.0987. The van der Waals surface area contributed by atoms with Crippen LogP contribution in [0.5, 0.6) is 0 Å². The lowest BCUT2D eigenvalue weighted by Gasteiger charge is -2.21. The Morgan fingerprint density at radius 3 is 2.82 bits per heavy atom. The second-order valence-corrected chi connectivity index (χ2v) is 5.99. The third kappa shape index (κ3) is 4.00. The molecule has 0 aromatic heterocycles. The molecule has 3 heteroatoms. The molecule has 0 atom stereocenters. The van der Waals surface area contributed by atoms with E-state index in [9.17, 15) is 4.39 Å². The first kappa shape index (κ1) is 12.9. The molecule has 1 aromatic rings. The summed E-state index contributed by atoms with van der Waals surface area (Å²) in [5.41, 5.74) is 1.76. The van der Waals surface area contributed by atoms with E-state index < -0.39 is 0 Å². The van der Waals surface area contributed by atoms with Crippen molar-refractivity contribution in [1.82, 2.24) is 5.32 Å². The lowest BCUT2D eigenvalue weighted by molar-refractivity contribution is 0.447. The summed E-state index contributed by atoms with van der Waals surface area (Å²) in [6.45, 7) is 3.64. The number of aryl methyl sites for hydroxylation is 1. The molecule has 1 saturated heterocycles. The van der Waals surface area contributed by atoms with Gasteiger partial charge in [-0.25, -0.2) is 4.39 Å². The molecule has 0 bridgehead atoms. The van der Waals surface area contributed by atoms with Crippen LogP contribution < -0.4 is 5.32 Å². The van der Waals surface area contributed by atoms with Gasteiger partial charge < -0.3 is 5.32 Å². The van der Waals surface area contributed by atoms with E-state index in [-0.39, 0.29) is 5.82 Å². The minimum absolute atomic E-state index is 0.0987. The molecule has 1 aromatic carbocycles. The Hall–Kier alpha value is -0.540. The largest absolute Gasteiger partial charge is 0.312 e. The van der Waals surface area contributed by atoms with E-state index in [0.29, 0.717) is 0 Å². The zero-order valence-corrected chi connectivity index (χ0v) is 11.2. The Balaban J connectivity index is 1.75. The van der Waals surface area contributed by atoms with Crippen molar-refractivity contribution in [3.8, 4) is 0 Å². The number of rotatable bonds is 4. The van der Waals surface area contributed by atoms with Gasteiger partial charge in [-0.3, -0.25) is 0 Å². The SMILES string of the molecule is Cc1ccc(CNCC2CCSCC2)cc1F. The van der Waals surface area contributed by atoms with Crippen molar-refractivity contribution in [2.75, 3.05) is 18.1 Å². The fraction of sp³-hybridized carbons (Fsp3) is 0.571. The van der Waals surface area contributed by atoms with Gasteiger partial charge >= 0.3 is 0 Å². The molecule has 0 radical (unpaired) electrons.